The second-order valence-corrected chi connectivity index (χ2v) is 4.28. The molecule has 1 heterocycles. The molecule has 1 rings (SSSR count). The summed E-state index contributed by atoms with van der Waals surface area (Å²) in [5, 5.41) is 6.31. The van der Waals surface area contributed by atoms with E-state index in [0.29, 0.717) is 24.9 Å². The molecular weight excluding hydrogens is 192 g/mol. The number of rotatable bonds is 5. The summed E-state index contributed by atoms with van der Waals surface area (Å²) in [5.41, 5.74) is 0. The molecule has 2 N–H and O–H groups in total. The van der Waals surface area contributed by atoms with Crippen LogP contribution in [0.1, 0.15) is 19.8 Å². The smallest absolute Gasteiger partial charge is 0.222 e. The first-order chi connectivity index (χ1) is 7.24. The molecule has 4 heteroatoms. The van der Waals surface area contributed by atoms with Gasteiger partial charge in [-0.25, -0.2) is 0 Å². The Balaban J connectivity index is 2.14. The van der Waals surface area contributed by atoms with E-state index in [4.69, 9.17) is 4.74 Å². The second-order valence-electron chi connectivity index (χ2n) is 4.28. The van der Waals surface area contributed by atoms with Gasteiger partial charge >= 0.3 is 0 Å². The summed E-state index contributed by atoms with van der Waals surface area (Å²) in [4.78, 5) is 11.3. The molecule has 0 aromatic carbocycles. The van der Waals surface area contributed by atoms with Crippen LogP contribution in [-0.4, -0.2) is 39.3 Å². The topological polar surface area (TPSA) is 50.4 Å². The third kappa shape index (κ3) is 4.62. The lowest BCUT2D eigenvalue weighted by molar-refractivity contribution is -0.122. The third-order valence-corrected chi connectivity index (χ3v) is 3.08. The van der Waals surface area contributed by atoms with Crippen molar-refractivity contribution < 1.29 is 9.53 Å². The predicted molar refractivity (Wildman–Crippen MR) is 59.6 cm³/mol. The molecule has 1 amide bonds. The highest BCUT2D eigenvalue weighted by Gasteiger charge is 2.20. The van der Waals surface area contributed by atoms with Gasteiger partial charge in [-0.15, -0.1) is 0 Å². The van der Waals surface area contributed by atoms with E-state index in [0.717, 1.165) is 19.6 Å². The van der Waals surface area contributed by atoms with Gasteiger partial charge in [-0.1, -0.05) is 6.92 Å². The maximum Gasteiger partial charge on any atom is 0.222 e. The summed E-state index contributed by atoms with van der Waals surface area (Å²) in [5.74, 6) is 1.37. The molecule has 1 aliphatic rings. The zero-order valence-electron chi connectivity index (χ0n) is 9.71. The number of hydrogen-bond donors (Lipinski definition) is 2. The van der Waals surface area contributed by atoms with Crippen LogP contribution in [0.3, 0.4) is 0 Å². The van der Waals surface area contributed by atoms with E-state index in [-0.39, 0.29) is 5.91 Å². The fourth-order valence-electron chi connectivity index (χ4n) is 1.86. The van der Waals surface area contributed by atoms with Crippen LogP contribution in [0, 0.1) is 11.8 Å². The van der Waals surface area contributed by atoms with Crippen molar-refractivity contribution in [2.24, 2.45) is 11.8 Å². The molecule has 1 aliphatic heterocycles. The van der Waals surface area contributed by atoms with Gasteiger partial charge in [-0.2, -0.15) is 0 Å². The molecule has 88 valence electrons. The fourth-order valence-corrected chi connectivity index (χ4v) is 1.86. The van der Waals surface area contributed by atoms with Crippen LogP contribution < -0.4 is 10.6 Å². The molecule has 4 nitrogen and oxygen atoms in total. The van der Waals surface area contributed by atoms with Crippen molar-refractivity contribution in [1.82, 2.24) is 10.6 Å². The Morgan fingerprint density at radius 3 is 3.07 bits per heavy atom. The number of hydrogen-bond acceptors (Lipinski definition) is 3. The van der Waals surface area contributed by atoms with Gasteiger partial charge in [-0.3, -0.25) is 4.79 Å². The lowest BCUT2D eigenvalue weighted by Crippen LogP contribution is -2.42. The van der Waals surface area contributed by atoms with E-state index < -0.39 is 0 Å². The van der Waals surface area contributed by atoms with Gasteiger partial charge in [0.15, 0.2) is 0 Å². The summed E-state index contributed by atoms with van der Waals surface area (Å²) < 4.78 is 4.85. The van der Waals surface area contributed by atoms with E-state index in [2.05, 4.69) is 17.6 Å². The van der Waals surface area contributed by atoms with Gasteiger partial charge in [0.25, 0.3) is 0 Å². The molecule has 15 heavy (non-hydrogen) atoms. The average molecular weight is 214 g/mol. The monoisotopic (exact) mass is 214 g/mol. The van der Waals surface area contributed by atoms with E-state index >= 15 is 0 Å². The van der Waals surface area contributed by atoms with E-state index in [1.54, 1.807) is 7.11 Å². The van der Waals surface area contributed by atoms with Crippen LogP contribution >= 0.6 is 0 Å². The van der Waals surface area contributed by atoms with Crippen molar-refractivity contribution in [2.45, 2.75) is 19.8 Å². The van der Waals surface area contributed by atoms with Gasteiger partial charge in [0.1, 0.15) is 0 Å². The third-order valence-electron chi connectivity index (χ3n) is 3.08. The summed E-state index contributed by atoms with van der Waals surface area (Å²) in [6.45, 7) is 5.68. The van der Waals surface area contributed by atoms with Crippen molar-refractivity contribution >= 4 is 5.91 Å². The molecule has 1 fully saturated rings. The Bertz CT molecular complexity index is 197. The first-order valence-electron chi connectivity index (χ1n) is 5.70. The van der Waals surface area contributed by atoms with Gasteiger partial charge in [0, 0.05) is 20.1 Å². The van der Waals surface area contributed by atoms with Gasteiger partial charge in [-0.05, 0) is 31.3 Å². The van der Waals surface area contributed by atoms with Crippen LogP contribution in [-0.2, 0) is 9.53 Å². The molecular formula is C11H22N2O2. The van der Waals surface area contributed by atoms with Gasteiger partial charge < -0.3 is 15.4 Å². The Morgan fingerprint density at radius 2 is 2.40 bits per heavy atom. The van der Waals surface area contributed by atoms with Crippen molar-refractivity contribution in [1.29, 1.82) is 0 Å². The maximum absolute atomic E-state index is 11.3. The lowest BCUT2D eigenvalue weighted by atomic mass is 9.88. The maximum atomic E-state index is 11.3. The van der Waals surface area contributed by atoms with E-state index in [1.165, 1.54) is 6.42 Å². The Morgan fingerprint density at radius 1 is 1.60 bits per heavy atom. The van der Waals surface area contributed by atoms with Crippen LogP contribution in [0.25, 0.3) is 0 Å². The molecule has 0 aromatic heterocycles. The largest absolute Gasteiger partial charge is 0.384 e. The Hall–Kier alpha value is -0.610. The highest BCUT2D eigenvalue weighted by atomic mass is 16.5. The number of methoxy groups -OCH3 is 1. The lowest BCUT2D eigenvalue weighted by Gasteiger charge is -2.29. The van der Waals surface area contributed by atoms with Crippen molar-refractivity contribution in [2.75, 3.05) is 33.4 Å². The van der Waals surface area contributed by atoms with Gasteiger partial charge in [0.05, 0.1) is 6.61 Å². The average Bonchev–Trinajstić information content (AvgIpc) is 2.25. The minimum absolute atomic E-state index is 0.0922. The minimum atomic E-state index is 0.0922. The molecule has 0 bridgehead atoms. The summed E-state index contributed by atoms with van der Waals surface area (Å²) >= 11 is 0. The minimum Gasteiger partial charge on any atom is -0.384 e. The van der Waals surface area contributed by atoms with Crippen LogP contribution in [0.2, 0.25) is 0 Å². The number of ether oxygens (including phenoxy) is 1. The Kier molecular flexibility index (Phi) is 5.65. The fraction of sp³-hybridized carbons (Fsp3) is 0.909. The number of nitrogens with one attached hydrogen (secondary N) is 2. The first kappa shape index (κ1) is 12.5. The van der Waals surface area contributed by atoms with Crippen molar-refractivity contribution in [3.63, 3.8) is 0 Å². The molecule has 0 spiro atoms. The molecule has 2 unspecified atom stereocenters. The first-order valence-corrected chi connectivity index (χ1v) is 5.70. The summed E-state index contributed by atoms with van der Waals surface area (Å²) in [7, 11) is 1.61. The zero-order chi connectivity index (χ0) is 11.1. The Labute approximate surface area is 91.8 Å². The number of amides is 1. The number of carbonyl (C=O) groups excluding carboxylic acids is 1. The molecule has 0 radical (unpaired) electrons. The number of piperidine rings is 1. The van der Waals surface area contributed by atoms with Crippen LogP contribution in [0.5, 0.6) is 0 Å². The van der Waals surface area contributed by atoms with Gasteiger partial charge in [0.2, 0.25) is 5.91 Å². The van der Waals surface area contributed by atoms with Crippen molar-refractivity contribution in [3.05, 3.63) is 0 Å². The standard InChI is InChI=1S/C11H22N2O2/c1-9-3-5-12-7-10(9)8-13-11(14)4-6-15-2/h9-10,12H,3-8H2,1-2H3,(H,13,14). The predicted octanol–water partition coefficient (Wildman–Crippen LogP) is 0.385. The molecule has 1 saturated heterocycles. The molecule has 0 saturated carbocycles. The quantitative estimate of drug-likeness (QED) is 0.696. The van der Waals surface area contributed by atoms with Crippen molar-refractivity contribution in [3.8, 4) is 0 Å². The normalized spacial score (nSPS) is 26.3. The van der Waals surface area contributed by atoms with E-state index in [9.17, 15) is 4.79 Å². The zero-order valence-corrected chi connectivity index (χ0v) is 9.71. The second kappa shape index (κ2) is 6.80. The van der Waals surface area contributed by atoms with Crippen LogP contribution in [0.4, 0.5) is 0 Å². The SMILES string of the molecule is COCCC(=O)NCC1CNCCC1C. The molecule has 0 aromatic rings. The highest BCUT2D eigenvalue weighted by Crippen LogP contribution is 2.17. The highest BCUT2D eigenvalue weighted by molar-refractivity contribution is 5.75. The van der Waals surface area contributed by atoms with E-state index in [1.807, 2.05) is 0 Å². The summed E-state index contributed by atoms with van der Waals surface area (Å²) in [6.07, 6.45) is 1.67. The number of carbonyl (C=O) groups is 1. The van der Waals surface area contributed by atoms with Crippen LogP contribution in [0.15, 0.2) is 0 Å². The summed E-state index contributed by atoms with van der Waals surface area (Å²) in [6, 6.07) is 0. The molecule has 2 atom stereocenters. The molecule has 0 aliphatic carbocycles.